The van der Waals surface area contributed by atoms with Gasteiger partial charge in [0.1, 0.15) is 0 Å². The molecular weight excluding hydrogens is 264 g/mol. The number of hydrogen-bond donors (Lipinski definition) is 1. The lowest BCUT2D eigenvalue weighted by Crippen LogP contribution is -2.17. The summed E-state index contributed by atoms with van der Waals surface area (Å²) in [6.45, 7) is 2.45. The minimum atomic E-state index is 0.622. The largest absolute Gasteiger partial charge is 0.477 e. The number of aromatic nitrogens is 2. The van der Waals surface area contributed by atoms with Crippen LogP contribution in [-0.2, 0) is 6.54 Å². The van der Waals surface area contributed by atoms with Crippen molar-refractivity contribution in [1.29, 1.82) is 0 Å². The van der Waals surface area contributed by atoms with Crippen molar-refractivity contribution < 1.29 is 4.74 Å². The summed E-state index contributed by atoms with van der Waals surface area (Å²) in [6.07, 6.45) is 2.65. The number of nitrogens with one attached hydrogen (secondary N) is 1. The molecule has 0 spiro atoms. The van der Waals surface area contributed by atoms with Gasteiger partial charge in [0.25, 0.3) is 0 Å². The van der Waals surface area contributed by atoms with Crippen molar-refractivity contribution in [2.75, 3.05) is 32.1 Å². The Morgan fingerprint density at radius 2 is 1.95 bits per heavy atom. The molecule has 1 N–H and O–H groups in total. The summed E-state index contributed by atoms with van der Waals surface area (Å²) in [5.74, 6) is 1.28. The minimum Gasteiger partial charge on any atom is -0.477 e. The predicted molar refractivity (Wildman–Crippen MR) is 84.6 cm³/mol. The van der Waals surface area contributed by atoms with Crippen molar-refractivity contribution in [1.82, 2.24) is 15.3 Å². The Bertz CT molecular complexity index is 531. The highest BCUT2D eigenvalue weighted by atomic mass is 16.5. The van der Waals surface area contributed by atoms with Crippen LogP contribution in [0.3, 0.4) is 0 Å². The monoisotopic (exact) mass is 286 g/mol. The summed E-state index contributed by atoms with van der Waals surface area (Å²) < 4.78 is 5.63. The van der Waals surface area contributed by atoms with Crippen molar-refractivity contribution >= 4 is 5.95 Å². The number of rotatable bonds is 8. The molecule has 0 saturated heterocycles. The van der Waals surface area contributed by atoms with Crippen molar-refractivity contribution in [3.05, 3.63) is 48.2 Å². The van der Waals surface area contributed by atoms with Crippen molar-refractivity contribution in [2.24, 2.45) is 0 Å². The highest BCUT2D eigenvalue weighted by Crippen LogP contribution is 2.10. The van der Waals surface area contributed by atoms with Crippen LogP contribution in [0, 0.1) is 0 Å². The van der Waals surface area contributed by atoms with Crippen LogP contribution < -0.4 is 15.0 Å². The molecule has 0 aliphatic heterocycles. The number of hydrogen-bond acceptors (Lipinski definition) is 5. The molecule has 21 heavy (non-hydrogen) atoms. The van der Waals surface area contributed by atoms with Gasteiger partial charge in [-0.15, -0.1) is 0 Å². The van der Waals surface area contributed by atoms with Crippen molar-refractivity contribution in [3.8, 4) is 5.88 Å². The van der Waals surface area contributed by atoms with Gasteiger partial charge in [-0.1, -0.05) is 30.3 Å². The standard InChI is InChI=1S/C16H22N4O/c1-20(2)16-18-11-9-15(19-16)21-12-6-10-17-13-14-7-4-3-5-8-14/h3-5,7-9,11,17H,6,10,12-13H2,1-2H3. The summed E-state index contributed by atoms with van der Waals surface area (Å²) in [7, 11) is 3.82. The quantitative estimate of drug-likeness (QED) is 0.753. The molecule has 2 aromatic rings. The van der Waals surface area contributed by atoms with E-state index in [0.29, 0.717) is 18.4 Å². The van der Waals surface area contributed by atoms with E-state index in [-0.39, 0.29) is 0 Å². The second kappa shape index (κ2) is 8.21. The maximum atomic E-state index is 5.63. The van der Waals surface area contributed by atoms with E-state index >= 15 is 0 Å². The molecule has 0 fully saturated rings. The first-order valence-corrected chi connectivity index (χ1v) is 7.13. The Hall–Kier alpha value is -2.14. The van der Waals surface area contributed by atoms with E-state index in [0.717, 1.165) is 19.5 Å². The Labute approximate surface area is 126 Å². The Morgan fingerprint density at radius 1 is 1.14 bits per heavy atom. The van der Waals surface area contributed by atoms with Gasteiger partial charge in [-0.2, -0.15) is 4.98 Å². The molecule has 0 atom stereocenters. The van der Waals surface area contributed by atoms with Gasteiger partial charge in [-0.3, -0.25) is 0 Å². The summed E-state index contributed by atoms with van der Waals surface area (Å²) in [5, 5.41) is 3.40. The number of benzene rings is 1. The van der Waals surface area contributed by atoms with E-state index < -0.39 is 0 Å². The zero-order chi connectivity index (χ0) is 14.9. The molecule has 5 nitrogen and oxygen atoms in total. The first kappa shape index (κ1) is 15.3. The summed E-state index contributed by atoms with van der Waals surface area (Å²) in [5.41, 5.74) is 1.30. The average molecular weight is 286 g/mol. The molecular formula is C16H22N4O. The van der Waals surface area contributed by atoms with Crippen LogP contribution in [0.25, 0.3) is 0 Å². The van der Waals surface area contributed by atoms with Crippen LogP contribution in [0.15, 0.2) is 42.6 Å². The molecule has 1 heterocycles. The van der Waals surface area contributed by atoms with Gasteiger partial charge >= 0.3 is 0 Å². The number of nitrogens with zero attached hydrogens (tertiary/aromatic N) is 3. The minimum absolute atomic E-state index is 0.622. The van der Waals surface area contributed by atoms with Crippen molar-refractivity contribution in [3.63, 3.8) is 0 Å². The fraction of sp³-hybridized carbons (Fsp3) is 0.375. The number of ether oxygens (including phenoxy) is 1. The highest BCUT2D eigenvalue weighted by Gasteiger charge is 2.01. The molecule has 0 amide bonds. The zero-order valence-corrected chi connectivity index (χ0v) is 12.6. The van der Waals surface area contributed by atoms with E-state index in [4.69, 9.17) is 4.74 Å². The molecule has 1 aromatic heterocycles. The molecule has 0 aliphatic carbocycles. The summed E-state index contributed by atoms with van der Waals surface area (Å²) >= 11 is 0. The van der Waals surface area contributed by atoms with Crippen LogP contribution in [0.4, 0.5) is 5.95 Å². The first-order chi connectivity index (χ1) is 10.3. The smallest absolute Gasteiger partial charge is 0.228 e. The fourth-order valence-electron chi connectivity index (χ4n) is 1.83. The zero-order valence-electron chi connectivity index (χ0n) is 12.6. The van der Waals surface area contributed by atoms with E-state index in [1.165, 1.54) is 5.56 Å². The van der Waals surface area contributed by atoms with E-state index in [2.05, 4.69) is 39.6 Å². The Morgan fingerprint density at radius 3 is 2.71 bits per heavy atom. The van der Waals surface area contributed by atoms with Gasteiger partial charge < -0.3 is 15.0 Å². The van der Waals surface area contributed by atoms with Gasteiger partial charge in [0, 0.05) is 32.9 Å². The van der Waals surface area contributed by atoms with Gasteiger partial charge in [-0.05, 0) is 18.5 Å². The molecule has 0 saturated carbocycles. The third kappa shape index (κ3) is 5.39. The predicted octanol–water partition coefficient (Wildman–Crippen LogP) is 2.10. The molecule has 2 rings (SSSR count). The van der Waals surface area contributed by atoms with E-state index in [1.54, 1.807) is 12.3 Å². The summed E-state index contributed by atoms with van der Waals surface area (Å²) in [6, 6.07) is 12.2. The van der Waals surface area contributed by atoms with Crippen LogP contribution in [-0.4, -0.2) is 37.2 Å². The third-order valence-electron chi connectivity index (χ3n) is 2.94. The second-order valence-electron chi connectivity index (χ2n) is 4.95. The number of anilines is 1. The molecule has 0 bridgehead atoms. The Kier molecular flexibility index (Phi) is 5.97. The molecule has 112 valence electrons. The average Bonchev–Trinajstić information content (AvgIpc) is 2.52. The Balaban J connectivity index is 1.62. The van der Waals surface area contributed by atoms with Crippen LogP contribution in [0.1, 0.15) is 12.0 Å². The molecule has 0 unspecified atom stereocenters. The SMILES string of the molecule is CN(C)c1nccc(OCCCNCc2ccccc2)n1. The van der Waals surface area contributed by atoms with Crippen molar-refractivity contribution in [2.45, 2.75) is 13.0 Å². The van der Waals surface area contributed by atoms with Gasteiger partial charge in [-0.25, -0.2) is 4.98 Å². The van der Waals surface area contributed by atoms with Crippen LogP contribution in [0.5, 0.6) is 5.88 Å². The maximum Gasteiger partial charge on any atom is 0.228 e. The maximum absolute atomic E-state index is 5.63. The summed E-state index contributed by atoms with van der Waals surface area (Å²) in [4.78, 5) is 10.3. The fourth-order valence-corrected chi connectivity index (χ4v) is 1.83. The highest BCUT2D eigenvalue weighted by molar-refractivity contribution is 5.29. The lowest BCUT2D eigenvalue weighted by atomic mass is 10.2. The second-order valence-corrected chi connectivity index (χ2v) is 4.95. The molecule has 0 radical (unpaired) electrons. The third-order valence-corrected chi connectivity index (χ3v) is 2.94. The van der Waals surface area contributed by atoms with Gasteiger partial charge in [0.2, 0.25) is 11.8 Å². The molecule has 1 aromatic carbocycles. The van der Waals surface area contributed by atoms with Gasteiger partial charge in [0.15, 0.2) is 0 Å². The van der Waals surface area contributed by atoms with Crippen LogP contribution >= 0.6 is 0 Å². The lowest BCUT2D eigenvalue weighted by molar-refractivity contribution is 0.296. The normalized spacial score (nSPS) is 10.4. The van der Waals surface area contributed by atoms with Crippen LogP contribution in [0.2, 0.25) is 0 Å². The first-order valence-electron chi connectivity index (χ1n) is 7.13. The van der Waals surface area contributed by atoms with E-state index in [9.17, 15) is 0 Å². The molecule has 5 heteroatoms. The topological polar surface area (TPSA) is 50.3 Å². The van der Waals surface area contributed by atoms with Gasteiger partial charge in [0.05, 0.1) is 6.61 Å². The van der Waals surface area contributed by atoms with E-state index in [1.807, 2.05) is 25.1 Å². The lowest BCUT2D eigenvalue weighted by Gasteiger charge is -2.11. The molecule has 0 aliphatic rings.